The van der Waals surface area contributed by atoms with Crippen molar-refractivity contribution >= 4 is 28.5 Å². The van der Waals surface area contributed by atoms with Crippen molar-refractivity contribution in [1.29, 1.82) is 0 Å². The molecule has 3 rings (SSSR count). The molecule has 5 nitrogen and oxygen atoms in total. The summed E-state index contributed by atoms with van der Waals surface area (Å²) < 4.78 is 5.09. The average Bonchev–Trinajstić information content (AvgIpc) is 2.58. The van der Waals surface area contributed by atoms with Crippen LogP contribution in [-0.2, 0) is 6.42 Å². The van der Waals surface area contributed by atoms with Crippen molar-refractivity contribution in [2.24, 2.45) is 0 Å². The fourth-order valence-electron chi connectivity index (χ4n) is 2.54. The summed E-state index contributed by atoms with van der Waals surface area (Å²) in [5.74, 6) is -0.483. The SMILES string of the molecule is O=C(NCCCc1cccc(Cl)c1)c1cc2ccc(O)cc2oc1=O. The highest BCUT2D eigenvalue weighted by molar-refractivity contribution is 6.30. The third-order valence-electron chi connectivity index (χ3n) is 3.78. The number of benzene rings is 2. The fourth-order valence-corrected chi connectivity index (χ4v) is 2.75. The molecule has 1 heterocycles. The van der Waals surface area contributed by atoms with Gasteiger partial charge in [-0.3, -0.25) is 4.79 Å². The lowest BCUT2D eigenvalue weighted by atomic mass is 10.1. The zero-order chi connectivity index (χ0) is 17.8. The van der Waals surface area contributed by atoms with Gasteiger partial charge in [-0.15, -0.1) is 0 Å². The molecule has 0 bridgehead atoms. The molecular weight excluding hydrogens is 342 g/mol. The van der Waals surface area contributed by atoms with Crippen LogP contribution in [0.3, 0.4) is 0 Å². The molecule has 0 fully saturated rings. The van der Waals surface area contributed by atoms with E-state index in [4.69, 9.17) is 16.0 Å². The second-order valence-corrected chi connectivity index (χ2v) is 6.10. The lowest BCUT2D eigenvalue weighted by molar-refractivity contribution is 0.0949. The Balaban J connectivity index is 1.63. The van der Waals surface area contributed by atoms with E-state index in [9.17, 15) is 14.7 Å². The van der Waals surface area contributed by atoms with Crippen LogP contribution in [0.4, 0.5) is 0 Å². The van der Waals surface area contributed by atoms with Crippen LogP contribution in [-0.4, -0.2) is 17.6 Å². The van der Waals surface area contributed by atoms with Gasteiger partial charge in [0.1, 0.15) is 16.9 Å². The van der Waals surface area contributed by atoms with Gasteiger partial charge in [0, 0.05) is 23.0 Å². The van der Waals surface area contributed by atoms with E-state index in [2.05, 4.69) is 5.32 Å². The molecule has 25 heavy (non-hydrogen) atoms. The minimum absolute atomic E-state index is 0.00568. The van der Waals surface area contributed by atoms with E-state index >= 15 is 0 Å². The van der Waals surface area contributed by atoms with E-state index in [0.29, 0.717) is 17.0 Å². The maximum absolute atomic E-state index is 12.2. The normalized spacial score (nSPS) is 10.8. The summed E-state index contributed by atoms with van der Waals surface area (Å²) in [6.07, 6.45) is 1.49. The molecule has 128 valence electrons. The van der Waals surface area contributed by atoms with Gasteiger partial charge >= 0.3 is 5.63 Å². The number of carbonyl (C=O) groups is 1. The van der Waals surface area contributed by atoms with E-state index in [1.807, 2.05) is 24.3 Å². The molecule has 6 heteroatoms. The molecule has 0 aliphatic carbocycles. The summed E-state index contributed by atoms with van der Waals surface area (Å²) in [7, 11) is 0. The van der Waals surface area contributed by atoms with Crippen LogP contribution in [0.15, 0.2) is 57.7 Å². The molecule has 3 aromatic rings. The van der Waals surface area contributed by atoms with Gasteiger partial charge in [0.2, 0.25) is 0 Å². The maximum Gasteiger partial charge on any atom is 0.349 e. The van der Waals surface area contributed by atoms with Gasteiger partial charge in [-0.1, -0.05) is 23.7 Å². The molecule has 0 saturated carbocycles. The Morgan fingerprint density at radius 1 is 1.16 bits per heavy atom. The number of rotatable bonds is 5. The Morgan fingerprint density at radius 3 is 2.80 bits per heavy atom. The number of phenols is 1. The van der Waals surface area contributed by atoms with Crippen LogP contribution in [0.5, 0.6) is 5.75 Å². The Morgan fingerprint density at radius 2 is 2.00 bits per heavy atom. The monoisotopic (exact) mass is 357 g/mol. The van der Waals surface area contributed by atoms with Crippen LogP contribution >= 0.6 is 11.6 Å². The first-order valence-corrected chi connectivity index (χ1v) is 8.20. The van der Waals surface area contributed by atoms with Crippen LogP contribution < -0.4 is 10.9 Å². The Kier molecular flexibility index (Phi) is 5.05. The van der Waals surface area contributed by atoms with Crippen LogP contribution in [0.2, 0.25) is 5.02 Å². The Labute approximate surface area is 148 Å². The summed E-state index contributed by atoms with van der Waals surface area (Å²) in [5, 5.41) is 13.4. The summed E-state index contributed by atoms with van der Waals surface area (Å²) >= 11 is 5.93. The first-order chi connectivity index (χ1) is 12.0. The van der Waals surface area contributed by atoms with E-state index in [1.54, 1.807) is 6.07 Å². The van der Waals surface area contributed by atoms with Gasteiger partial charge in [-0.05, 0) is 48.7 Å². The largest absolute Gasteiger partial charge is 0.508 e. The predicted octanol–water partition coefficient (Wildman–Crippen LogP) is 3.51. The quantitative estimate of drug-likeness (QED) is 0.541. The number of halogens is 1. The molecule has 0 unspecified atom stereocenters. The van der Waals surface area contributed by atoms with Crippen molar-refractivity contribution in [2.75, 3.05) is 6.54 Å². The molecule has 2 N–H and O–H groups in total. The number of phenolic OH excluding ortho intramolecular Hbond substituents is 1. The zero-order valence-corrected chi connectivity index (χ0v) is 14.0. The van der Waals surface area contributed by atoms with E-state index < -0.39 is 11.5 Å². The zero-order valence-electron chi connectivity index (χ0n) is 13.3. The van der Waals surface area contributed by atoms with Gasteiger partial charge in [0.15, 0.2) is 0 Å². The molecule has 1 aromatic heterocycles. The van der Waals surface area contributed by atoms with Crippen molar-refractivity contribution in [3.63, 3.8) is 0 Å². The summed E-state index contributed by atoms with van der Waals surface area (Å²) in [6, 6.07) is 13.4. The lowest BCUT2D eigenvalue weighted by Gasteiger charge is -2.06. The van der Waals surface area contributed by atoms with Gasteiger partial charge in [0.05, 0.1) is 0 Å². The number of hydrogen-bond donors (Lipinski definition) is 2. The molecule has 0 aliphatic rings. The lowest BCUT2D eigenvalue weighted by Crippen LogP contribution is -2.29. The van der Waals surface area contributed by atoms with Gasteiger partial charge in [-0.2, -0.15) is 0 Å². The third kappa shape index (κ3) is 4.19. The number of aromatic hydroxyl groups is 1. The second-order valence-electron chi connectivity index (χ2n) is 5.66. The number of aryl methyl sites for hydroxylation is 1. The topological polar surface area (TPSA) is 79.5 Å². The summed E-state index contributed by atoms with van der Waals surface area (Å²) in [5.41, 5.74) is 0.542. The molecular formula is C19H16ClNO4. The Hall–Kier alpha value is -2.79. The number of carbonyl (C=O) groups excluding carboxylic acids is 1. The van der Waals surface area contributed by atoms with E-state index in [1.165, 1.54) is 18.2 Å². The fraction of sp³-hybridized carbons (Fsp3) is 0.158. The standard InChI is InChI=1S/C19H16ClNO4/c20-14-5-1-3-12(9-14)4-2-8-21-18(23)16-10-13-6-7-15(22)11-17(13)25-19(16)24/h1,3,5-7,9-11,22H,2,4,8H2,(H,21,23). The van der Waals surface area contributed by atoms with Crippen LogP contribution in [0, 0.1) is 0 Å². The first-order valence-electron chi connectivity index (χ1n) is 7.82. The number of hydrogen-bond acceptors (Lipinski definition) is 4. The highest BCUT2D eigenvalue weighted by Gasteiger charge is 2.13. The van der Waals surface area contributed by atoms with Gasteiger partial charge in [-0.25, -0.2) is 4.79 Å². The van der Waals surface area contributed by atoms with Crippen molar-refractivity contribution in [2.45, 2.75) is 12.8 Å². The van der Waals surface area contributed by atoms with Crippen LogP contribution in [0.1, 0.15) is 22.3 Å². The maximum atomic E-state index is 12.2. The van der Waals surface area contributed by atoms with Crippen molar-refractivity contribution < 1.29 is 14.3 Å². The molecule has 0 spiro atoms. The van der Waals surface area contributed by atoms with E-state index in [-0.39, 0.29) is 16.9 Å². The molecule has 0 radical (unpaired) electrons. The van der Waals surface area contributed by atoms with Crippen molar-refractivity contribution in [3.8, 4) is 5.75 Å². The average molecular weight is 358 g/mol. The highest BCUT2D eigenvalue weighted by Crippen LogP contribution is 2.19. The second kappa shape index (κ2) is 7.40. The molecule has 0 atom stereocenters. The minimum Gasteiger partial charge on any atom is -0.508 e. The van der Waals surface area contributed by atoms with Gasteiger partial charge in [0.25, 0.3) is 5.91 Å². The first kappa shape index (κ1) is 17.0. The van der Waals surface area contributed by atoms with E-state index in [0.717, 1.165) is 18.4 Å². The molecule has 0 saturated heterocycles. The number of amides is 1. The third-order valence-corrected chi connectivity index (χ3v) is 4.02. The Bertz CT molecular complexity index is 981. The van der Waals surface area contributed by atoms with Crippen LogP contribution in [0.25, 0.3) is 11.0 Å². The minimum atomic E-state index is -0.731. The summed E-state index contributed by atoms with van der Waals surface area (Å²) in [6.45, 7) is 0.429. The smallest absolute Gasteiger partial charge is 0.349 e. The van der Waals surface area contributed by atoms with Crippen molar-refractivity contribution in [3.05, 3.63) is 75.1 Å². The van der Waals surface area contributed by atoms with Gasteiger partial charge < -0.3 is 14.8 Å². The highest BCUT2D eigenvalue weighted by atomic mass is 35.5. The predicted molar refractivity (Wildman–Crippen MR) is 96.3 cm³/mol. The summed E-state index contributed by atoms with van der Waals surface area (Å²) in [4.78, 5) is 24.2. The molecule has 1 amide bonds. The number of fused-ring (bicyclic) bond motifs is 1. The van der Waals surface area contributed by atoms with Crippen molar-refractivity contribution in [1.82, 2.24) is 5.32 Å². The molecule has 2 aromatic carbocycles. The number of nitrogens with one attached hydrogen (secondary N) is 1. The molecule has 0 aliphatic heterocycles.